The van der Waals surface area contributed by atoms with E-state index in [1.807, 2.05) is 20.8 Å². The van der Waals surface area contributed by atoms with Crippen LogP contribution in [-0.2, 0) is 16.1 Å². The third-order valence-electron chi connectivity index (χ3n) is 5.51. The van der Waals surface area contributed by atoms with Gasteiger partial charge in [-0.2, -0.15) is 0 Å². The number of fused-ring (bicyclic) bond motifs is 1. The average molecular weight is 453 g/mol. The van der Waals surface area contributed by atoms with Gasteiger partial charge in [-0.25, -0.2) is 4.79 Å². The Morgan fingerprint density at radius 3 is 2.21 bits per heavy atom. The van der Waals surface area contributed by atoms with E-state index >= 15 is 0 Å². The van der Waals surface area contributed by atoms with Gasteiger partial charge in [0.15, 0.2) is 6.61 Å². The molecule has 0 radical (unpaired) electrons. The van der Waals surface area contributed by atoms with Crippen LogP contribution in [0.1, 0.15) is 64.3 Å². The number of amides is 3. The molecule has 0 fully saturated rings. The van der Waals surface area contributed by atoms with Gasteiger partial charge in [-0.15, -0.1) is 0 Å². The van der Waals surface area contributed by atoms with Crippen LogP contribution in [-0.4, -0.2) is 47.8 Å². The second-order valence-corrected chi connectivity index (χ2v) is 8.18. The maximum absolute atomic E-state index is 12.7. The molecule has 1 N–H and O–H groups in total. The molecule has 1 aliphatic heterocycles. The molecule has 2 aromatic carbocycles. The number of hydrogen-bond acceptors (Lipinski definition) is 6. The minimum atomic E-state index is -0.727. The highest BCUT2D eigenvalue weighted by molar-refractivity contribution is 6.21. The minimum Gasteiger partial charge on any atom is -0.493 e. The summed E-state index contributed by atoms with van der Waals surface area (Å²) in [5, 5.41) is 2.77. The largest absolute Gasteiger partial charge is 0.493 e. The number of carbonyl (C=O) groups is 4. The molecule has 0 aliphatic carbocycles. The first-order valence-electron chi connectivity index (χ1n) is 10.9. The van der Waals surface area contributed by atoms with E-state index in [4.69, 9.17) is 9.47 Å². The Bertz CT molecular complexity index is 1040. The van der Waals surface area contributed by atoms with Crippen LogP contribution in [0.4, 0.5) is 0 Å². The number of carbonyl (C=O) groups excluding carboxylic acids is 4. The molecule has 1 unspecified atom stereocenters. The highest BCUT2D eigenvalue weighted by Gasteiger charge is 2.35. The van der Waals surface area contributed by atoms with Crippen molar-refractivity contribution in [1.29, 1.82) is 0 Å². The van der Waals surface area contributed by atoms with Crippen LogP contribution >= 0.6 is 0 Å². The fourth-order valence-corrected chi connectivity index (χ4v) is 3.35. The average Bonchev–Trinajstić information content (AvgIpc) is 3.03. The molecule has 174 valence electrons. The monoisotopic (exact) mass is 452 g/mol. The van der Waals surface area contributed by atoms with Gasteiger partial charge in [-0.05, 0) is 49.6 Å². The lowest BCUT2D eigenvalue weighted by atomic mass is 10.1. The summed E-state index contributed by atoms with van der Waals surface area (Å²) in [6.45, 7) is 7.50. The number of nitrogens with one attached hydrogen (secondary N) is 1. The summed E-state index contributed by atoms with van der Waals surface area (Å²) in [5.41, 5.74) is 1.39. The van der Waals surface area contributed by atoms with E-state index in [1.54, 1.807) is 43.3 Å². The molecular weight excluding hydrogens is 424 g/mol. The van der Waals surface area contributed by atoms with Gasteiger partial charge >= 0.3 is 5.97 Å². The number of imide groups is 1. The van der Waals surface area contributed by atoms with Crippen LogP contribution < -0.4 is 10.1 Å². The summed E-state index contributed by atoms with van der Waals surface area (Å²) in [6, 6.07) is 11.4. The molecule has 0 saturated carbocycles. The number of esters is 1. The standard InChI is InChI=1S/C25H28N2O6/c1-5-32-21-11-10-17(13-27-23(29)18-8-6-7-9-19(18)24(27)30)12-20(21)25(31)33-14-22(28)26-16(4)15(2)3/h6-12,15-16H,5,13-14H2,1-4H3,(H,26,28). The van der Waals surface area contributed by atoms with Gasteiger partial charge in [-0.1, -0.05) is 32.0 Å². The van der Waals surface area contributed by atoms with E-state index in [9.17, 15) is 19.2 Å². The molecule has 1 atom stereocenters. The van der Waals surface area contributed by atoms with Crippen molar-refractivity contribution >= 4 is 23.7 Å². The van der Waals surface area contributed by atoms with Crippen molar-refractivity contribution in [1.82, 2.24) is 10.2 Å². The predicted octanol–water partition coefficient (Wildman–Crippen LogP) is 3.20. The molecule has 33 heavy (non-hydrogen) atoms. The van der Waals surface area contributed by atoms with Gasteiger partial charge in [-0.3, -0.25) is 19.3 Å². The Hall–Kier alpha value is -3.68. The van der Waals surface area contributed by atoms with Crippen LogP contribution in [0.2, 0.25) is 0 Å². The number of rotatable bonds is 9. The fraction of sp³-hybridized carbons (Fsp3) is 0.360. The number of ether oxygens (including phenoxy) is 2. The number of hydrogen-bond donors (Lipinski definition) is 1. The minimum absolute atomic E-state index is 0.00851. The Morgan fingerprint density at radius 1 is 1.00 bits per heavy atom. The Labute approximate surface area is 192 Å². The van der Waals surface area contributed by atoms with Gasteiger partial charge in [0.05, 0.1) is 24.3 Å². The lowest BCUT2D eigenvalue weighted by Crippen LogP contribution is -2.38. The van der Waals surface area contributed by atoms with Crippen molar-refractivity contribution in [2.24, 2.45) is 5.92 Å². The zero-order chi connectivity index (χ0) is 24.1. The van der Waals surface area contributed by atoms with E-state index in [0.29, 0.717) is 29.0 Å². The molecule has 0 aromatic heterocycles. The van der Waals surface area contributed by atoms with E-state index in [-0.39, 0.29) is 35.9 Å². The maximum Gasteiger partial charge on any atom is 0.342 e. The van der Waals surface area contributed by atoms with E-state index in [0.717, 1.165) is 4.90 Å². The van der Waals surface area contributed by atoms with Crippen LogP contribution in [0.15, 0.2) is 42.5 Å². The first-order chi connectivity index (χ1) is 15.7. The topological polar surface area (TPSA) is 102 Å². The van der Waals surface area contributed by atoms with Crippen molar-refractivity contribution in [3.05, 3.63) is 64.7 Å². The van der Waals surface area contributed by atoms with Gasteiger partial charge in [0.25, 0.3) is 17.7 Å². The Morgan fingerprint density at radius 2 is 1.64 bits per heavy atom. The predicted molar refractivity (Wildman–Crippen MR) is 121 cm³/mol. The molecule has 0 saturated heterocycles. The molecule has 0 bridgehead atoms. The summed E-state index contributed by atoms with van der Waals surface area (Å²) in [5.74, 6) is -1.36. The van der Waals surface area contributed by atoms with E-state index < -0.39 is 18.5 Å². The van der Waals surface area contributed by atoms with Crippen molar-refractivity contribution in [3.63, 3.8) is 0 Å². The van der Waals surface area contributed by atoms with Gasteiger partial charge in [0.2, 0.25) is 0 Å². The highest BCUT2D eigenvalue weighted by atomic mass is 16.5. The van der Waals surface area contributed by atoms with E-state index in [2.05, 4.69) is 5.32 Å². The van der Waals surface area contributed by atoms with Crippen LogP contribution in [0.25, 0.3) is 0 Å². The highest BCUT2D eigenvalue weighted by Crippen LogP contribution is 2.27. The first-order valence-corrected chi connectivity index (χ1v) is 10.9. The summed E-state index contributed by atoms with van der Waals surface area (Å²) >= 11 is 0. The van der Waals surface area contributed by atoms with Crippen molar-refractivity contribution in [2.45, 2.75) is 40.3 Å². The molecule has 1 heterocycles. The molecule has 3 rings (SSSR count). The Balaban J connectivity index is 1.74. The number of benzene rings is 2. The molecule has 1 aliphatic rings. The van der Waals surface area contributed by atoms with Crippen molar-refractivity contribution in [3.8, 4) is 5.75 Å². The van der Waals surface area contributed by atoms with Crippen LogP contribution in [0.3, 0.4) is 0 Å². The summed E-state index contributed by atoms with van der Waals surface area (Å²) < 4.78 is 10.7. The molecule has 3 amide bonds. The SMILES string of the molecule is CCOc1ccc(CN2C(=O)c3ccccc3C2=O)cc1C(=O)OCC(=O)NC(C)C(C)C. The van der Waals surface area contributed by atoms with E-state index in [1.165, 1.54) is 6.07 Å². The third-order valence-corrected chi connectivity index (χ3v) is 5.51. The quantitative estimate of drug-likeness (QED) is 0.463. The molecule has 0 spiro atoms. The lowest BCUT2D eigenvalue weighted by Gasteiger charge is -2.18. The van der Waals surface area contributed by atoms with Crippen LogP contribution in [0, 0.1) is 5.92 Å². The van der Waals surface area contributed by atoms with Gasteiger partial charge in [0.1, 0.15) is 11.3 Å². The summed E-state index contributed by atoms with van der Waals surface area (Å²) in [7, 11) is 0. The number of nitrogens with zero attached hydrogens (tertiary/aromatic N) is 1. The fourth-order valence-electron chi connectivity index (χ4n) is 3.35. The third kappa shape index (κ3) is 5.39. The lowest BCUT2D eigenvalue weighted by molar-refractivity contribution is -0.125. The van der Waals surface area contributed by atoms with Crippen molar-refractivity contribution in [2.75, 3.05) is 13.2 Å². The first kappa shape index (κ1) is 24.0. The Kier molecular flexibility index (Phi) is 7.48. The summed E-state index contributed by atoms with van der Waals surface area (Å²) in [4.78, 5) is 51.3. The molecule has 8 nitrogen and oxygen atoms in total. The smallest absolute Gasteiger partial charge is 0.342 e. The second kappa shape index (κ2) is 10.3. The van der Waals surface area contributed by atoms with Crippen molar-refractivity contribution < 1.29 is 28.7 Å². The van der Waals surface area contributed by atoms with Gasteiger partial charge < -0.3 is 14.8 Å². The molecule has 8 heteroatoms. The van der Waals surface area contributed by atoms with Crippen LogP contribution in [0.5, 0.6) is 5.75 Å². The maximum atomic E-state index is 12.7. The second-order valence-electron chi connectivity index (χ2n) is 8.18. The normalized spacial score (nSPS) is 13.7. The zero-order valence-corrected chi connectivity index (χ0v) is 19.2. The summed E-state index contributed by atoms with van der Waals surface area (Å²) in [6.07, 6.45) is 0. The van der Waals surface area contributed by atoms with Gasteiger partial charge in [0, 0.05) is 6.04 Å². The zero-order valence-electron chi connectivity index (χ0n) is 19.2. The molecule has 2 aromatic rings. The molecular formula is C25H28N2O6.